The van der Waals surface area contributed by atoms with E-state index in [4.69, 9.17) is 4.74 Å². The van der Waals surface area contributed by atoms with E-state index in [1.54, 1.807) is 4.90 Å². The zero-order valence-electron chi connectivity index (χ0n) is 11.8. The first-order chi connectivity index (χ1) is 7.58. The summed E-state index contributed by atoms with van der Waals surface area (Å²) in [6.07, 6.45) is 0.485. The first-order valence-corrected chi connectivity index (χ1v) is 6.20. The summed E-state index contributed by atoms with van der Waals surface area (Å²) in [5.74, 6) is 0. The molecule has 0 saturated carbocycles. The Morgan fingerprint density at radius 2 is 2.00 bits per heavy atom. The highest BCUT2D eigenvalue weighted by Gasteiger charge is 2.47. The third kappa shape index (κ3) is 3.12. The summed E-state index contributed by atoms with van der Waals surface area (Å²) in [7, 11) is 0. The summed E-state index contributed by atoms with van der Waals surface area (Å²) in [4.78, 5) is 13.8. The standard InChI is InChI=1S/C13H25NO3/c1-9-13(5,6)7-10(8-15)14(9)11(16)17-12(2,3)4/h9-10,15H,7-8H2,1-6H3/t9-,10+/m1/s1. The van der Waals surface area contributed by atoms with Crippen LogP contribution in [0.1, 0.15) is 48.0 Å². The van der Waals surface area contributed by atoms with Crippen LogP contribution >= 0.6 is 0 Å². The molecular formula is C13H25NO3. The van der Waals surface area contributed by atoms with Gasteiger partial charge in [0.15, 0.2) is 0 Å². The molecular weight excluding hydrogens is 218 g/mol. The third-order valence-corrected chi connectivity index (χ3v) is 3.52. The SMILES string of the molecule is C[C@H]1N(C(=O)OC(C)(C)C)[C@H](CO)CC1(C)C. The number of hydrogen-bond acceptors (Lipinski definition) is 3. The lowest BCUT2D eigenvalue weighted by atomic mass is 9.85. The highest BCUT2D eigenvalue weighted by molar-refractivity contribution is 5.69. The highest BCUT2D eigenvalue weighted by atomic mass is 16.6. The van der Waals surface area contributed by atoms with Crippen LogP contribution in [0.3, 0.4) is 0 Å². The quantitative estimate of drug-likeness (QED) is 0.769. The van der Waals surface area contributed by atoms with E-state index in [1.807, 2.05) is 27.7 Å². The zero-order chi connectivity index (χ0) is 13.4. The monoisotopic (exact) mass is 243 g/mol. The minimum Gasteiger partial charge on any atom is -0.444 e. The Bertz CT molecular complexity index is 294. The number of nitrogens with zero attached hydrogens (tertiary/aromatic N) is 1. The van der Waals surface area contributed by atoms with E-state index >= 15 is 0 Å². The average Bonchev–Trinajstić information content (AvgIpc) is 2.35. The molecule has 0 aromatic rings. The first kappa shape index (κ1) is 14.3. The van der Waals surface area contributed by atoms with Crippen LogP contribution < -0.4 is 0 Å². The van der Waals surface area contributed by atoms with Crippen LogP contribution in [0.15, 0.2) is 0 Å². The van der Waals surface area contributed by atoms with Gasteiger partial charge in [0.25, 0.3) is 0 Å². The largest absolute Gasteiger partial charge is 0.444 e. The summed E-state index contributed by atoms with van der Waals surface area (Å²) >= 11 is 0. The van der Waals surface area contributed by atoms with E-state index in [9.17, 15) is 9.90 Å². The Balaban J connectivity index is 2.84. The fourth-order valence-electron chi connectivity index (χ4n) is 2.34. The van der Waals surface area contributed by atoms with Gasteiger partial charge in [-0.25, -0.2) is 4.79 Å². The number of aliphatic hydroxyl groups is 1. The second-order valence-electron chi connectivity index (χ2n) is 6.59. The van der Waals surface area contributed by atoms with Crippen molar-refractivity contribution in [3.05, 3.63) is 0 Å². The number of carbonyl (C=O) groups excluding carboxylic acids is 1. The lowest BCUT2D eigenvalue weighted by molar-refractivity contribution is 0.00757. The van der Waals surface area contributed by atoms with E-state index in [0.29, 0.717) is 0 Å². The summed E-state index contributed by atoms with van der Waals surface area (Å²) < 4.78 is 5.39. The molecule has 0 bridgehead atoms. The van der Waals surface area contributed by atoms with E-state index in [0.717, 1.165) is 6.42 Å². The van der Waals surface area contributed by atoms with Gasteiger partial charge in [0.1, 0.15) is 5.60 Å². The van der Waals surface area contributed by atoms with E-state index in [1.165, 1.54) is 0 Å². The lowest BCUT2D eigenvalue weighted by Gasteiger charge is -2.32. The second kappa shape index (κ2) is 4.48. The Labute approximate surface area is 104 Å². The molecule has 1 N–H and O–H groups in total. The van der Waals surface area contributed by atoms with Crippen molar-refractivity contribution in [2.45, 2.75) is 65.6 Å². The minimum atomic E-state index is -0.496. The number of amides is 1. The molecule has 1 heterocycles. The van der Waals surface area contributed by atoms with Gasteiger partial charge < -0.3 is 9.84 Å². The van der Waals surface area contributed by atoms with Crippen LogP contribution in [0.25, 0.3) is 0 Å². The normalized spacial score (nSPS) is 28.3. The molecule has 0 aliphatic carbocycles. The Morgan fingerprint density at radius 3 is 2.41 bits per heavy atom. The van der Waals surface area contributed by atoms with Crippen molar-refractivity contribution in [3.63, 3.8) is 0 Å². The van der Waals surface area contributed by atoms with Crippen LogP contribution in [0.4, 0.5) is 4.79 Å². The maximum atomic E-state index is 12.1. The van der Waals surface area contributed by atoms with Crippen molar-refractivity contribution in [3.8, 4) is 0 Å². The van der Waals surface area contributed by atoms with Crippen LogP contribution in [0.2, 0.25) is 0 Å². The lowest BCUT2D eigenvalue weighted by Crippen LogP contribution is -2.46. The zero-order valence-corrected chi connectivity index (χ0v) is 11.8. The van der Waals surface area contributed by atoms with Crippen molar-refractivity contribution < 1.29 is 14.6 Å². The van der Waals surface area contributed by atoms with Gasteiger partial charge in [-0.05, 0) is 39.5 Å². The van der Waals surface area contributed by atoms with E-state index in [2.05, 4.69) is 13.8 Å². The molecule has 0 aromatic carbocycles. The minimum absolute atomic E-state index is 0.00693. The number of rotatable bonds is 1. The predicted molar refractivity (Wildman–Crippen MR) is 66.8 cm³/mol. The van der Waals surface area contributed by atoms with Crippen LogP contribution in [-0.2, 0) is 4.74 Å². The van der Waals surface area contributed by atoms with Crippen molar-refractivity contribution in [2.75, 3.05) is 6.61 Å². The number of carbonyl (C=O) groups is 1. The topological polar surface area (TPSA) is 49.8 Å². The second-order valence-corrected chi connectivity index (χ2v) is 6.59. The molecule has 1 aliphatic heterocycles. The third-order valence-electron chi connectivity index (χ3n) is 3.52. The molecule has 4 nitrogen and oxygen atoms in total. The molecule has 2 atom stereocenters. The molecule has 0 radical (unpaired) electrons. The Kier molecular flexibility index (Phi) is 3.77. The van der Waals surface area contributed by atoms with Gasteiger partial charge >= 0.3 is 6.09 Å². The maximum absolute atomic E-state index is 12.1. The summed E-state index contributed by atoms with van der Waals surface area (Å²) in [6.45, 7) is 11.8. The number of ether oxygens (including phenoxy) is 1. The highest BCUT2D eigenvalue weighted by Crippen LogP contribution is 2.40. The van der Waals surface area contributed by atoms with E-state index < -0.39 is 5.60 Å². The summed E-state index contributed by atoms with van der Waals surface area (Å²) in [6, 6.07) is -0.0515. The number of aliphatic hydroxyl groups excluding tert-OH is 1. The van der Waals surface area contributed by atoms with Crippen molar-refractivity contribution in [1.29, 1.82) is 0 Å². The number of hydrogen-bond donors (Lipinski definition) is 1. The van der Waals surface area contributed by atoms with Gasteiger partial charge in [0.2, 0.25) is 0 Å². The molecule has 1 rings (SSSR count). The molecule has 1 fully saturated rings. The molecule has 0 unspecified atom stereocenters. The summed E-state index contributed by atoms with van der Waals surface area (Å²) in [5, 5.41) is 9.38. The van der Waals surface area contributed by atoms with Gasteiger partial charge in [-0.2, -0.15) is 0 Å². The average molecular weight is 243 g/mol. The molecule has 1 aliphatic rings. The van der Waals surface area contributed by atoms with Gasteiger partial charge in [-0.1, -0.05) is 13.8 Å². The predicted octanol–water partition coefficient (Wildman–Crippen LogP) is 2.40. The molecule has 1 saturated heterocycles. The molecule has 4 heteroatoms. The first-order valence-electron chi connectivity index (χ1n) is 6.20. The van der Waals surface area contributed by atoms with Crippen LogP contribution in [0.5, 0.6) is 0 Å². The maximum Gasteiger partial charge on any atom is 0.410 e. The Morgan fingerprint density at radius 1 is 1.47 bits per heavy atom. The van der Waals surface area contributed by atoms with Gasteiger partial charge in [-0.3, -0.25) is 4.90 Å². The summed E-state index contributed by atoms with van der Waals surface area (Å²) in [5.41, 5.74) is -0.478. The van der Waals surface area contributed by atoms with Crippen molar-refractivity contribution in [2.24, 2.45) is 5.41 Å². The van der Waals surface area contributed by atoms with Gasteiger partial charge in [0, 0.05) is 6.04 Å². The molecule has 17 heavy (non-hydrogen) atoms. The van der Waals surface area contributed by atoms with Gasteiger partial charge in [-0.15, -0.1) is 0 Å². The fourth-order valence-corrected chi connectivity index (χ4v) is 2.34. The van der Waals surface area contributed by atoms with Crippen LogP contribution in [-0.4, -0.2) is 40.4 Å². The van der Waals surface area contributed by atoms with Crippen molar-refractivity contribution >= 4 is 6.09 Å². The van der Waals surface area contributed by atoms with E-state index in [-0.39, 0.29) is 30.2 Å². The molecule has 1 amide bonds. The fraction of sp³-hybridized carbons (Fsp3) is 0.923. The molecule has 0 spiro atoms. The van der Waals surface area contributed by atoms with Crippen LogP contribution in [0, 0.1) is 5.41 Å². The molecule has 100 valence electrons. The van der Waals surface area contributed by atoms with Crippen molar-refractivity contribution in [1.82, 2.24) is 4.90 Å². The molecule has 0 aromatic heterocycles. The van der Waals surface area contributed by atoms with Gasteiger partial charge in [0.05, 0.1) is 12.6 Å². The smallest absolute Gasteiger partial charge is 0.410 e. The Hall–Kier alpha value is -0.770. The number of likely N-dealkylation sites (tertiary alicyclic amines) is 1.